The molecule has 1 aromatic rings. The lowest BCUT2D eigenvalue weighted by Gasteiger charge is -2.10. The van der Waals surface area contributed by atoms with Gasteiger partial charge in [-0.1, -0.05) is 6.92 Å². The number of phenolic OH excluding ortho intramolecular Hbond substituents is 1. The van der Waals surface area contributed by atoms with Crippen LogP contribution in [0.2, 0.25) is 0 Å². The summed E-state index contributed by atoms with van der Waals surface area (Å²) in [7, 11) is 0. The van der Waals surface area contributed by atoms with Gasteiger partial charge in [-0.05, 0) is 37.4 Å². The Morgan fingerprint density at radius 1 is 1.50 bits per heavy atom. The molecule has 0 amide bonds. The molecule has 0 spiro atoms. The van der Waals surface area contributed by atoms with E-state index in [1.807, 2.05) is 11.8 Å². The number of hydrogen-bond donors (Lipinski definition) is 2. The summed E-state index contributed by atoms with van der Waals surface area (Å²) in [5, 5.41) is 13.3. The molecule has 2 nitrogen and oxygen atoms in total. The van der Waals surface area contributed by atoms with Crippen LogP contribution in [0.4, 0.5) is 4.39 Å². The number of benzene rings is 1. The van der Waals surface area contributed by atoms with Gasteiger partial charge in [0.15, 0.2) is 0 Å². The zero-order valence-corrected chi connectivity index (χ0v) is 10.5. The summed E-state index contributed by atoms with van der Waals surface area (Å²) < 4.78 is 12.9. The van der Waals surface area contributed by atoms with Crippen LogP contribution in [0.15, 0.2) is 18.2 Å². The maximum absolute atomic E-state index is 12.9. The Kier molecular flexibility index (Phi) is 5.63. The molecule has 0 radical (unpaired) electrons. The molecule has 1 unspecified atom stereocenters. The number of halogens is 1. The van der Waals surface area contributed by atoms with Gasteiger partial charge < -0.3 is 10.4 Å². The second-order valence-corrected chi connectivity index (χ2v) is 5.06. The highest BCUT2D eigenvalue weighted by Crippen LogP contribution is 2.17. The van der Waals surface area contributed by atoms with E-state index in [2.05, 4.69) is 18.5 Å². The molecular weight excluding hydrogens is 225 g/mol. The van der Waals surface area contributed by atoms with Crippen molar-refractivity contribution in [2.75, 3.05) is 12.8 Å². The first-order chi connectivity index (χ1) is 7.63. The number of hydrogen-bond acceptors (Lipinski definition) is 3. The molecule has 0 aliphatic rings. The quantitative estimate of drug-likeness (QED) is 0.754. The largest absolute Gasteiger partial charge is 0.508 e. The molecule has 90 valence electrons. The van der Waals surface area contributed by atoms with Gasteiger partial charge in [0.1, 0.15) is 11.6 Å². The van der Waals surface area contributed by atoms with E-state index in [1.165, 1.54) is 18.2 Å². The van der Waals surface area contributed by atoms with Crippen LogP contribution in [0.25, 0.3) is 0 Å². The minimum atomic E-state index is -0.313. The maximum Gasteiger partial charge on any atom is 0.123 e. The molecule has 0 aliphatic heterocycles. The summed E-state index contributed by atoms with van der Waals surface area (Å²) in [6, 6.07) is 4.01. The van der Waals surface area contributed by atoms with E-state index in [1.54, 1.807) is 0 Å². The van der Waals surface area contributed by atoms with Crippen molar-refractivity contribution in [2.24, 2.45) is 0 Å². The van der Waals surface area contributed by atoms with Gasteiger partial charge >= 0.3 is 0 Å². The smallest absolute Gasteiger partial charge is 0.123 e. The van der Waals surface area contributed by atoms with Gasteiger partial charge in [0, 0.05) is 17.4 Å². The average Bonchev–Trinajstić information content (AvgIpc) is 2.28. The van der Waals surface area contributed by atoms with Gasteiger partial charge in [-0.15, -0.1) is 0 Å². The summed E-state index contributed by atoms with van der Waals surface area (Å²) in [5.41, 5.74) is 0.608. The first-order valence-electron chi connectivity index (χ1n) is 5.34. The van der Waals surface area contributed by atoms with E-state index in [9.17, 15) is 9.50 Å². The molecule has 0 heterocycles. The molecule has 0 aliphatic carbocycles. The average molecular weight is 243 g/mol. The van der Waals surface area contributed by atoms with Crippen LogP contribution in [-0.2, 0) is 6.54 Å². The molecule has 0 fully saturated rings. The van der Waals surface area contributed by atoms with Crippen molar-refractivity contribution in [1.29, 1.82) is 0 Å². The Balaban J connectivity index is 2.34. The fourth-order valence-corrected chi connectivity index (χ4v) is 1.70. The highest BCUT2D eigenvalue weighted by Gasteiger charge is 2.03. The van der Waals surface area contributed by atoms with Crippen molar-refractivity contribution in [3.63, 3.8) is 0 Å². The van der Waals surface area contributed by atoms with Crippen molar-refractivity contribution in [1.82, 2.24) is 5.32 Å². The molecule has 1 aromatic carbocycles. The van der Waals surface area contributed by atoms with Crippen LogP contribution in [0.3, 0.4) is 0 Å². The second-order valence-electron chi connectivity index (χ2n) is 3.78. The Hall–Kier alpha value is -0.740. The second kappa shape index (κ2) is 6.76. The Labute approximate surface area is 100 Å². The van der Waals surface area contributed by atoms with Crippen molar-refractivity contribution >= 4 is 11.8 Å². The SMILES string of the molecule is CSC(C)CCNCc1cc(F)ccc1O. The Morgan fingerprint density at radius 3 is 2.94 bits per heavy atom. The first-order valence-corrected chi connectivity index (χ1v) is 6.63. The lowest BCUT2D eigenvalue weighted by Crippen LogP contribution is -2.17. The molecule has 0 saturated carbocycles. The lowest BCUT2D eigenvalue weighted by molar-refractivity contribution is 0.461. The van der Waals surface area contributed by atoms with E-state index in [0.29, 0.717) is 17.4 Å². The van der Waals surface area contributed by atoms with Crippen molar-refractivity contribution in [2.45, 2.75) is 25.1 Å². The molecule has 0 bridgehead atoms. The van der Waals surface area contributed by atoms with Gasteiger partial charge in [0.05, 0.1) is 0 Å². The Bertz CT molecular complexity index is 333. The molecule has 16 heavy (non-hydrogen) atoms. The Morgan fingerprint density at radius 2 is 2.25 bits per heavy atom. The van der Waals surface area contributed by atoms with Gasteiger partial charge in [0.2, 0.25) is 0 Å². The predicted octanol–water partition coefficient (Wildman–Crippen LogP) is 2.76. The van der Waals surface area contributed by atoms with Gasteiger partial charge in [-0.3, -0.25) is 0 Å². The highest BCUT2D eigenvalue weighted by molar-refractivity contribution is 7.99. The number of rotatable bonds is 6. The fraction of sp³-hybridized carbons (Fsp3) is 0.500. The topological polar surface area (TPSA) is 32.3 Å². The predicted molar refractivity (Wildman–Crippen MR) is 67.4 cm³/mol. The standard InChI is InChI=1S/C12H18FNOS/c1-9(16-2)5-6-14-8-10-7-11(13)3-4-12(10)15/h3-4,7,9,14-15H,5-6,8H2,1-2H3. The van der Waals surface area contributed by atoms with Crippen LogP contribution in [0, 0.1) is 5.82 Å². The summed E-state index contributed by atoms with van der Waals surface area (Å²) in [4.78, 5) is 0. The van der Waals surface area contributed by atoms with Crippen molar-refractivity contribution in [3.05, 3.63) is 29.6 Å². The van der Waals surface area contributed by atoms with Crippen LogP contribution < -0.4 is 5.32 Å². The van der Waals surface area contributed by atoms with E-state index in [-0.39, 0.29) is 11.6 Å². The van der Waals surface area contributed by atoms with Crippen molar-refractivity contribution < 1.29 is 9.50 Å². The summed E-state index contributed by atoms with van der Waals surface area (Å²) in [6.45, 7) is 3.55. The number of thioether (sulfide) groups is 1. The molecule has 2 N–H and O–H groups in total. The minimum absolute atomic E-state index is 0.145. The molecule has 4 heteroatoms. The third-order valence-corrected chi connectivity index (χ3v) is 3.53. The third-order valence-electron chi connectivity index (χ3n) is 2.49. The van der Waals surface area contributed by atoms with Crippen molar-refractivity contribution in [3.8, 4) is 5.75 Å². The van der Waals surface area contributed by atoms with Gasteiger partial charge in [-0.2, -0.15) is 11.8 Å². The molecule has 0 saturated heterocycles. The summed E-state index contributed by atoms with van der Waals surface area (Å²) in [5.74, 6) is -0.168. The molecule has 0 aromatic heterocycles. The minimum Gasteiger partial charge on any atom is -0.508 e. The fourth-order valence-electron chi connectivity index (χ4n) is 1.34. The number of nitrogens with one attached hydrogen (secondary N) is 1. The molecular formula is C12H18FNOS. The summed E-state index contributed by atoms with van der Waals surface area (Å²) >= 11 is 1.83. The highest BCUT2D eigenvalue weighted by atomic mass is 32.2. The first kappa shape index (κ1) is 13.3. The number of phenols is 1. The summed E-state index contributed by atoms with van der Waals surface area (Å²) in [6.07, 6.45) is 3.15. The van der Waals surface area contributed by atoms with Crippen LogP contribution >= 0.6 is 11.8 Å². The van der Waals surface area contributed by atoms with Crippen LogP contribution in [0.5, 0.6) is 5.75 Å². The zero-order chi connectivity index (χ0) is 12.0. The zero-order valence-electron chi connectivity index (χ0n) is 9.66. The van der Waals surface area contributed by atoms with E-state index < -0.39 is 0 Å². The molecule has 1 rings (SSSR count). The third kappa shape index (κ3) is 4.41. The van der Waals surface area contributed by atoms with E-state index in [0.717, 1.165) is 13.0 Å². The maximum atomic E-state index is 12.9. The van der Waals surface area contributed by atoms with Crippen LogP contribution in [-0.4, -0.2) is 23.2 Å². The number of aromatic hydroxyl groups is 1. The monoisotopic (exact) mass is 243 g/mol. The van der Waals surface area contributed by atoms with Gasteiger partial charge in [0.25, 0.3) is 0 Å². The van der Waals surface area contributed by atoms with Gasteiger partial charge in [-0.25, -0.2) is 4.39 Å². The normalized spacial score (nSPS) is 12.7. The molecule has 1 atom stereocenters. The lowest BCUT2D eigenvalue weighted by atomic mass is 10.2. The van der Waals surface area contributed by atoms with E-state index >= 15 is 0 Å². The van der Waals surface area contributed by atoms with E-state index in [4.69, 9.17) is 0 Å². The van der Waals surface area contributed by atoms with Crippen LogP contribution in [0.1, 0.15) is 18.9 Å².